The van der Waals surface area contributed by atoms with Crippen molar-refractivity contribution in [1.82, 2.24) is 10.3 Å². The molecule has 4 rings (SSSR count). The lowest BCUT2D eigenvalue weighted by atomic mass is 9.75. The van der Waals surface area contributed by atoms with Gasteiger partial charge in [0.2, 0.25) is 0 Å². The Bertz CT molecular complexity index is 1060. The molecule has 7 heteroatoms. The molecule has 1 aromatic carbocycles. The molecule has 0 saturated heterocycles. The van der Waals surface area contributed by atoms with Crippen LogP contribution in [-0.2, 0) is 9.59 Å². The standard InChI is InChI=1S/C22H19Cl2N3O2/c1-12-19(22(29)27-18-7-2-3-10-25-18)20(14-9-8-13(23)11-15(14)24)21-16(26-12)5-4-6-17(21)28/h2-3,7-11,20,26H,4-6H2,1H3,(H,25,27,29)/t20-/m0/s1. The fourth-order valence-corrected chi connectivity index (χ4v) is 4.47. The molecular formula is C22H19Cl2N3O2. The highest BCUT2D eigenvalue weighted by Gasteiger charge is 2.39. The van der Waals surface area contributed by atoms with E-state index in [-0.39, 0.29) is 11.7 Å². The van der Waals surface area contributed by atoms with Crippen LogP contribution in [0.5, 0.6) is 0 Å². The van der Waals surface area contributed by atoms with Gasteiger partial charge in [0.1, 0.15) is 5.82 Å². The first-order chi connectivity index (χ1) is 14.0. The van der Waals surface area contributed by atoms with Crippen LogP contribution in [0.1, 0.15) is 37.7 Å². The quantitative estimate of drug-likeness (QED) is 0.722. The number of dihydropyridines is 1. The molecule has 2 aromatic rings. The van der Waals surface area contributed by atoms with E-state index in [9.17, 15) is 9.59 Å². The molecular weight excluding hydrogens is 409 g/mol. The van der Waals surface area contributed by atoms with Crippen LogP contribution in [0.25, 0.3) is 0 Å². The number of carbonyl (C=O) groups is 2. The van der Waals surface area contributed by atoms with Crippen LogP contribution in [0.15, 0.2) is 65.1 Å². The Labute approximate surface area is 178 Å². The fourth-order valence-electron chi connectivity index (χ4n) is 3.95. The van der Waals surface area contributed by atoms with Crippen molar-refractivity contribution in [1.29, 1.82) is 0 Å². The second kappa shape index (κ2) is 8.01. The first-order valence-electron chi connectivity index (χ1n) is 9.37. The molecule has 5 nitrogen and oxygen atoms in total. The normalized spacial score (nSPS) is 19.0. The number of ketones is 1. The lowest BCUT2D eigenvalue weighted by Crippen LogP contribution is -2.35. The van der Waals surface area contributed by atoms with Crippen molar-refractivity contribution in [3.05, 3.63) is 80.7 Å². The number of benzene rings is 1. The molecule has 1 aliphatic heterocycles. The summed E-state index contributed by atoms with van der Waals surface area (Å²) in [5.74, 6) is -0.416. The third-order valence-corrected chi connectivity index (χ3v) is 5.76. The van der Waals surface area contributed by atoms with E-state index in [4.69, 9.17) is 23.2 Å². The zero-order valence-electron chi connectivity index (χ0n) is 15.8. The molecule has 0 saturated carbocycles. The van der Waals surface area contributed by atoms with Crippen molar-refractivity contribution in [3.63, 3.8) is 0 Å². The van der Waals surface area contributed by atoms with E-state index in [1.807, 2.05) is 6.92 Å². The lowest BCUT2D eigenvalue weighted by molar-refractivity contribution is -0.116. The summed E-state index contributed by atoms with van der Waals surface area (Å²) in [4.78, 5) is 30.3. The van der Waals surface area contributed by atoms with Crippen molar-refractivity contribution in [2.45, 2.75) is 32.1 Å². The Balaban J connectivity index is 1.83. The van der Waals surface area contributed by atoms with Gasteiger partial charge in [0, 0.05) is 51.1 Å². The van der Waals surface area contributed by atoms with Crippen LogP contribution in [0.3, 0.4) is 0 Å². The minimum atomic E-state index is -0.562. The van der Waals surface area contributed by atoms with Crippen LogP contribution >= 0.6 is 23.2 Å². The highest BCUT2D eigenvalue weighted by atomic mass is 35.5. The average molecular weight is 428 g/mol. The van der Waals surface area contributed by atoms with E-state index in [0.717, 1.165) is 18.5 Å². The topological polar surface area (TPSA) is 71.1 Å². The number of nitrogens with zero attached hydrogens (tertiary/aromatic N) is 1. The van der Waals surface area contributed by atoms with E-state index in [1.54, 1.807) is 42.6 Å². The van der Waals surface area contributed by atoms with E-state index in [1.165, 1.54) is 0 Å². The van der Waals surface area contributed by atoms with Gasteiger partial charge in [0.25, 0.3) is 5.91 Å². The largest absolute Gasteiger partial charge is 0.362 e. The lowest BCUT2D eigenvalue weighted by Gasteiger charge is -2.34. The zero-order chi connectivity index (χ0) is 20.5. The number of hydrogen-bond acceptors (Lipinski definition) is 4. The fraction of sp³-hybridized carbons (Fsp3) is 0.227. The molecule has 2 heterocycles. The maximum absolute atomic E-state index is 13.3. The van der Waals surface area contributed by atoms with Crippen molar-refractivity contribution in [3.8, 4) is 0 Å². The molecule has 0 spiro atoms. The van der Waals surface area contributed by atoms with Gasteiger partial charge in [0.05, 0.1) is 0 Å². The number of carbonyl (C=O) groups excluding carboxylic acids is 2. The molecule has 0 fully saturated rings. The Morgan fingerprint density at radius 3 is 2.76 bits per heavy atom. The molecule has 0 unspecified atom stereocenters. The van der Waals surface area contributed by atoms with Gasteiger partial charge in [-0.3, -0.25) is 9.59 Å². The summed E-state index contributed by atoms with van der Waals surface area (Å²) >= 11 is 12.6. The van der Waals surface area contributed by atoms with Crippen molar-refractivity contribution in [2.75, 3.05) is 5.32 Å². The van der Waals surface area contributed by atoms with Crippen LogP contribution in [0.2, 0.25) is 10.0 Å². The Morgan fingerprint density at radius 1 is 1.21 bits per heavy atom. The highest BCUT2D eigenvalue weighted by molar-refractivity contribution is 6.35. The number of anilines is 1. The van der Waals surface area contributed by atoms with Crippen molar-refractivity contribution < 1.29 is 9.59 Å². The Morgan fingerprint density at radius 2 is 2.03 bits per heavy atom. The zero-order valence-corrected chi connectivity index (χ0v) is 17.3. The van der Waals surface area contributed by atoms with Crippen LogP contribution < -0.4 is 10.6 Å². The van der Waals surface area contributed by atoms with Gasteiger partial charge in [-0.1, -0.05) is 35.3 Å². The summed E-state index contributed by atoms with van der Waals surface area (Å²) < 4.78 is 0. The minimum absolute atomic E-state index is 0.0328. The van der Waals surface area contributed by atoms with E-state index in [0.29, 0.717) is 44.7 Å². The van der Waals surface area contributed by atoms with E-state index < -0.39 is 5.92 Å². The molecule has 1 atom stereocenters. The van der Waals surface area contributed by atoms with Crippen LogP contribution in [0, 0.1) is 0 Å². The first-order valence-corrected chi connectivity index (χ1v) is 10.1. The second-order valence-corrected chi connectivity index (χ2v) is 7.94. The predicted molar refractivity (Wildman–Crippen MR) is 114 cm³/mol. The SMILES string of the molecule is CC1=C(C(=O)Nc2ccccn2)[C@H](c2ccc(Cl)cc2Cl)C2=C(CCCC2=O)N1. The van der Waals surface area contributed by atoms with Crippen LogP contribution in [-0.4, -0.2) is 16.7 Å². The summed E-state index contributed by atoms with van der Waals surface area (Å²) in [6.07, 6.45) is 3.61. The molecule has 1 aromatic heterocycles. The number of hydrogen-bond donors (Lipinski definition) is 2. The summed E-state index contributed by atoms with van der Waals surface area (Å²) in [5.41, 5.74) is 3.31. The molecule has 2 aliphatic rings. The monoisotopic (exact) mass is 427 g/mol. The molecule has 1 amide bonds. The van der Waals surface area contributed by atoms with Gasteiger partial charge in [-0.2, -0.15) is 0 Å². The van der Waals surface area contributed by atoms with Crippen LogP contribution in [0.4, 0.5) is 5.82 Å². The van der Waals surface area contributed by atoms with Gasteiger partial charge >= 0.3 is 0 Å². The third-order valence-electron chi connectivity index (χ3n) is 5.20. The molecule has 29 heavy (non-hydrogen) atoms. The number of aromatic nitrogens is 1. The molecule has 1 aliphatic carbocycles. The number of nitrogens with one attached hydrogen (secondary N) is 2. The third kappa shape index (κ3) is 3.80. The van der Waals surface area contributed by atoms with Gasteiger partial charge in [-0.15, -0.1) is 0 Å². The van der Waals surface area contributed by atoms with Gasteiger partial charge in [0.15, 0.2) is 5.78 Å². The van der Waals surface area contributed by atoms with Crippen molar-refractivity contribution >= 4 is 40.7 Å². The average Bonchev–Trinajstić information content (AvgIpc) is 2.68. The number of Topliss-reactive ketones (excluding diaryl/α,β-unsaturated/α-hetero) is 1. The number of allylic oxidation sites excluding steroid dienone is 3. The Kier molecular flexibility index (Phi) is 5.43. The molecule has 2 N–H and O–H groups in total. The molecule has 0 radical (unpaired) electrons. The Hall–Kier alpha value is -2.63. The number of halogens is 2. The van der Waals surface area contributed by atoms with Gasteiger partial charge in [-0.25, -0.2) is 4.98 Å². The number of pyridine rings is 1. The van der Waals surface area contributed by atoms with E-state index in [2.05, 4.69) is 15.6 Å². The van der Waals surface area contributed by atoms with Gasteiger partial charge < -0.3 is 10.6 Å². The van der Waals surface area contributed by atoms with Gasteiger partial charge in [-0.05, 0) is 49.6 Å². The summed E-state index contributed by atoms with van der Waals surface area (Å²) in [6.45, 7) is 1.84. The molecule has 0 bridgehead atoms. The molecule has 148 valence electrons. The second-order valence-electron chi connectivity index (χ2n) is 7.10. The predicted octanol–water partition coefficient (Wildman–Crippen LogP) is 5.00. The summed E-state index contributed by atoms with van der Waals surface area (Å²) in [6, 6.07) is 10.4. The highest BCUT2D eigenvalue weighted by Crippen LogP contribution is 2.44. The van der Waals surface area contributed by atoms with E-state index >= 15 is 0 Å². The summed E-state index contributed by atoms with van der Waals surface area (Å²) in [7, 11) is 0. The first kappa shape index (κ1) is 19.7. The number of rotatable bonds is 3. The summed E-state index contributed by atoms with van der Waals surface area (Å²) in [5, 5.41) is 7.04. The maximum atomic E-state index is 13.3. The smallest absolute Gasteiger partial charge is 0.255 e. The maximum Gasteiger partial charge on any atom is 0.255 e. The minimum Gasteiger partial charge on any atom is -0.362 e. The number of amides is 1. The van der Waals surface area contributed by atoms with Crippen molar-refractivity contribution in [2.24, 2.45) is 0 Å².